The van der Waals surface area contributed by atoms with E-state index in [1.807, 2.05) is 0 Å². The minimum absolute atomic E-state index is 0.304. The summed E-state index contributed by atoms with van der Waals surface area (Å²) in [7, 11) is 0. The molecule has 4 heteroatoms. The van der Waals surface area contributed by atoms with Crippen molar-refractivity contribution in [2.45, 2.75) is 0 Å². The maximum absolute atomic E-state index is 10.9. The van der Waals surface area contributed by atoms with Gasteiger partial charge in [0, 0.05) is 12.3 Å². The standard InChI is InChI=1S/C8H6N2O2/c11-7-4-6-5(10-8(7)12)2-1-3-9-6/h1-4,11H,(H,10,12). The SMILES string of the molecule is O=c1[nH]c2cccnc2cc1O. The van der Waals surface area contributed by atoms with Gasteiger partial charge in [0.1, 0.15) is 0 Å². The molecular formula is C8H6N2O2. The molecule has 0 fully saturated rings. The Kier molecular flexibility index (Phi) is 1.33. The second-order valence-electron chi connectivity index (χ2n) is 2.42. The highest BCUT2D eigenvalue weighted by molar-refractivity contribution is 5.74. The van der Waals surface area contributed by atoms with Crippen molar-refractivity contribution in [3.63, 3.8) is 0 Å². The number of aromatic hydroxyl groups is 1. The fourth-order valence-electron chi connectivity index (χ4n) is 1.02. The molecule has 0 aliphatic rings. The van der Waals surface area contributed by atoms with Crippen LogP contribution in [0.15, 0.2) is 29.2 Å². The number of rotatable bonds is 0. The molecule has 2 N–H and O–H groups in total. The second kappa shape index (κ2) is 2.34. The van der Waals surface area contributed by atoms with Gasteiger partial charge in [-0.3, -0.25) is 9.78 Å². The summed E-state index contributed by atoms with van der Waals surface area (Å²) in [5, 5.41) is 9.03. The Labute approximate surface area is 67.5 Å². The Balaban J connectivity index is 2.93. The van der Waals surface area contributed by atoms with Gasteiger partial charge in [-0.25, -0.2) is 0 Å². The van der Waals surface area contributed by atoms with E-state index in [1.54, 1.807) is 18.3 Å². The van der Waals surface area contributed by atoms with E-state index in [4.69, 9.17) is 5.11 Å². The number of pyridine rings is 2. The van der Waals surface area contributed by atoms with Crippen LogP contribution >= 0.6 is 0 Å². The van der Waals surface area contributed by atoms with Gasteiger partial charge in [0.05, 0.1) is 11.0 Å². The molecule has 0 bridgehead atoms. The summed E-state index contributed by atoms with van der Waals surface area (Å²) in [6, 6.07) is 4.78. The van der Waals surface area contributed by atoms with E-state index < -0.39 is 5.56 Å². The van der Waals surface area contributed by atoms with Gasteiger partial charge in [-0.1, -0.05) is 0 Å². The molecule has 0 aliphatic heterocycles. The lowest BCUT2D eigenvalue weighted by Crippen LogP contribution is -2.04. The monoisotopic (exact) mass is 162 g/mol. The van der Waals surface area contributed by atoms with Crippen molar-refractivity contribution in [3.05, 3.63) is 34.7 Å². The van der Waals surface area contributed by atoms with Gasteiger partial charge in [-0.2, -0.15) is 0 Å². The number of H-pyrrole nitrogens is 1. The van der Waals surface area contributed by atoms with Crippen LogP contribution < -0.4 is 5.56 Å². The number of fused-ring (bicyclic) bond motifs is 1. The van der Waals surface area contributed by atoms with Crippen LogP contribution in [-0.2, 0) is 0 Å². The lowest BCUT2D eigenvalue weighted by molar-refractivity contribution is 0.468. The summed E-state index contributed by atoms with van der Waals surface area (Å²) in [4.78, 5) is 17.3. The van der Waals surface area contributed by atoms with Crippen LogP contribution in [-0.4, -0.2) is 15.1 Å². The first kappa shape index (κ1) is 6.84. The summed E-state index contributed by atoms with van der Waals surface area (Å²) in [6.07, 6.45) is 1.60. The van der Waals surface area contributed by atoms with Crippen LogP contribution in [0.4, 0.5) is 0 Å². The predicted octanol–water partition coefficient (Wildman–Crippen LogP) is 0.629. The highest BCUT2D eigenvalue weighted by atomic mass is 16.3. The molecule has 12 heavy (non-hydrogen) atoms. The molecule has 0 aliphatic carbocycles. The third kappa shape index (κ3) is 0.934. The molecule has 60 valence electrons. The lowest BCUT2D eigenvalue weighted by atomic mass is 10.3. The van der Waals surface area contributed by atoms with Gasteiger partial charge in [0.15, 0.2) is 5.75 Å². The van der Waals surface area contributed by atoms with Crippen molar-refractivity contribution >= 4 is 11.0 Å². The number of aromatic nitrogens is 2. The smallest absolute Gasteiger partial charge is 0.290 e. The molecule has 0 amide bonds. The molecule has 0 unspecified atom stereocenters. The fraction of sp³-hybridized carbons (Fsp3) is 0. The van der Waals surface area contributed by atoms with Crippen molar-refractivity contribution < 1.29 is 5.11 Å². The Morgan fingerprint density at radius 1 is 1.50 bits per heavy atom. The summed E-state index contributed by atoms with van der Waals surface area (Å²) >= 11 is 0. The maximum atomic E-state index is 10.9. The van der Waals surface area contributed by atoms with Crippen LogP contribution in [0.25, 0.3) is 11.0 Å². The zero-order valence-electron chi connectivity index (χ0n) is 6.11. The van der Waals surface area contributed by atoms with Gasteiger partial charge in [-0.05, 0) is 12.1 Å². The van der Waals surface area contributed by atoms with Gasteiger partial charge >= 0.3 is 0 Å². The normalized spacial score (nSPS) is 10.3. The first-order valence-corrected chi connectivity index (χ1v) is 3.44. The van der Waals surface area contributed by atoms with Crippen molar-refractivity contribution in [2.24, 2.45) is 0 Å². The Morgan fingerprint density at radius 3 is 3.17 bits per heavy atom. The highest BCUT2D eigenvalue weighted by Crippen LogP contribution is 2.09. The van der Waals surface area contributed by atoms with Crippen LogP contribution in [0.3, 0.4) is 0 Å². The summed E-state index contributed by atoms with van der Waals surface area (Å²) in [6.45, 7) is 0. The average molecular weight is 162 g/mol. The molecule has 2 heterocycles. The summed E-state index contributed by atoms with van der Waals surface area (Å²) < 4.78 is 0. The Morgan fingerprint density at radius 2 is 2.33 bits per heavy atom. The Bertz CT molecular complexity index is 476. The molecule has 0 saturated carbocycles. The van der Waals surface area contributed by atoms with Crippen LogP contribution in [0.1, 0.15) is 0 Å². The van der Waals surface area contributed by atoms with E-state index in [-0.39, 0.29) is 5.75 Å². The molecule has 2 aromatic heterocycles. The number of aromatic amines is 1. The van der Waals surface area contributed by atoms with E-state index in [2.05, 4.69) is 9.97 Å². The molecule has 2 rings (SSSR count). The van der Waals surface area contributed by atoms with E-state index in [1.165, 1.54) is 6.07 Å². The number of hydrogen-bond donors (Lipinski definition) is 2. The van der Waals surface area contributed by atoms with Gasteiger partial charge in [-0.15, -0.1) is 0 Å². The zero-order chi connectivity index (χ0) is 8.55. The fourth-order valence-corrected chi connectivity index (χ4v) is 1.02. The largest absolute Gasteiger partial charge is 0.503 e. The Hall–Kier alpha value is -1.84. The molecule has 0 saturated heterocycles. The number of nitrogens with one attached hydrogen (secondary N) is 1. The molecule has 0 spiro atoms. The third-order valence-corrected chi connectivity index (χ3v) is 1.59. The summed E-state index contributed by atoms with van der Waals surface area (Å²) in [5.41, 5.74) is 0.713. The zero-order valence-corrected chi connectivity index (χ0v) is 6.11. The van der Waals surface area contributed by atoms with E-state index >= 15 is 0 Å². The number of hydrogen-bond acceptors (Lipinski definition) is 3. The second-order valence-corrected chi connectivity index (χ2v) is 2.42. The first-order chi connectivity index (χ1) is 5.77. The molecular weight excluding hydrogens is 156 g/mol. The molecule has 0 atom stereocenters. The minimum Gasteiger partial charge on any atom is -0.503 e. The quantitative estimate of drug-likeness (QED) is 0.597. The highest BCUT2D eigenvalue weighted by Gasteiger charge is 1.99. The van der Waals surface area contributed by atoms with Crippen molar-refractivity contribution in [2.75, 3.05) is 0 Å². The third-order valence-electron chi connectivity index (χ3n) is 1.59. The molecule has 0 aromatic carbocycles. The van der Waals surface area contributed by atoms with Gasteiger partial charge in [0.25, 0.3) is 5.56 Å². The molecule has 4 nitrogen and oxygen atoms in total. The lowest BCUT2D eigenvalue weighted by Gasteiger charge is -1.95. The molecule has 2 aromatic rings. The van der Waals surface area contributed by atoms with Crippen molar-refractivity contribution in [1.82, 2.24) is 9.97 Å². The van der Waals surface area contributed by atoms with Crippen LogP contribution in [0.2, 0.25) is 0 Å². The average Bonchev–Trinajstić information content (AvgIpc) is 2.07. The first-order valence-electron chi connectivity index (χ1n) is 3.44. The summed E-state index contributed by atoms with van der Waals surface area (Å²) in [5.74, 6) is -0.304. The van der Waals surface area contributed by atoms with Crippen molar-refractivity contribution in [1.29, 1.82) is 0 Å². The van der Waals surface area contributed by atoms with Crippen LogP contribution in [0, 0.1) is 0 Å². The van der Waals surface area contributed by atoms with E-state index in [0.29, 0.717) is 11.0 Å². The maximum Gasteiger partial charge on any atom is 0.290 e. The number of nitrogens with zero attached hydrogens (tertiary/aromatic N) is 1. The topological polar surface area (TPSA) is 66.0 Å². The van der Waals surface area contributed by atoms with Gasteiger partial charge < -0.3 is 10.1 Å². The van der Waals surface area contributed by atoms with E-state index in [0.717, 1.165) is 0 Å². The minimum atomic E-state index is -0.490. The van der Waals surface area contributed by atoms with Crippen LogP contribution in [0.5, 0.6) is 5.75 Å². The van der Waals surface area contributed by atoms with Crippen molar-refractivity contribution in [3.8, 4) is 5.75 Å². The predicted molar refractivity (Wildman–Crippen MR) is 44.0 cm³/mol. The molecule has 0 radical (unpaired) electrons. The van der Waals surface area contributed by atoms with E-state index in [9.17, 15) is 4.79 Å². The van der Waals surface area contributed by atoms with Gasteiger partial charge in [0.2, 0.25) is 0 Å².